The number of anilines is 4. The molecular weight excluding hydrogens is 896 g/mol. The van der Waals surface area contributed by atoms with E-state index < -0.39 is 0 Å². The Morgan fingerprint density at radius 3 is 1.90 bits per heavy atom. The quantitative estimate of drug-likeness (QED) is 0.159. The van der Waals surface area contributed by atoms with E-state index in [4.69, 9.17) is 0 Å². The van der Waals surface area contributed by atoms with E-state index >= 15 is 0 Å². The highest BCUT2D eigenvalue weighted by molar-refractivity contribution is 7.27. The van der Waals surface area contributed by atoms with Crippen molar-refractivity contribution in [2.24, 2.45) is 0 Å². The molecule has 14 rings (SSSR count). The summed E-state index contributed by atoms with van der Waals surface area (Å²) in [6, 6.07) is 46.5. The van der Waals surface area contributed by atoms with Gasteiger partial charge in [-0.1, -0.05) is 150 Å². The zero-order valence-electron chi connectivity index (χ0n) is 44.0. The van der Waals surface area contributed by atoms with E-state index in [1.165, 1.54) is 151 Å². The zero-order valence-corrected chi connectivity index (χ0v) is 45.6. The van der Waals surface area contributed by atoms with Gasteiger partial charge in [0, 0.05) is 85.1 Å². The molecule has 0 N–H and O–H groups in total. The first-order valence-electron chi connectivity index (χ1n) is 26.7. The maximum absolute atomic E-state index is 3.05. The third kappa shape index (κ3) is 5.88. The Labute approximate surface area is 430 Å². The normalized spacial score (nSPS) is 21.7. The summed E-state index contributed by atoms with van der Waals surface area (Å²) in [6.07, 6.45) is 7.34. The molecule has 0 spiro atoms. The first-order chi connectivity index (χ1) is 33.7. The van der Waals surface area contributed by atoms with Crippen LogP contribution >= 0.6 is 22.7 Å². The molecule has 2 atom stereocenters. The average Bonchev–Trinajstić information content (AvgIpc) is 3.95. The summed E-state index contributed by atoms with van der Waals surface area (Å²) < 4.78 is 5.62. The Hall–Kier alpha value is -5.36. The molecule has 9 aromatic rings. The van der Waals surface area contributed by atoms with Crippen molar-refractivity contribution in [2.75, 3.05) is 9.71 Å². The SMILES string of the molecule is CC(C)(C)c1ccc(N2c3cc4c(cc3B3c5c2cc2c(sc6ccccc62)c5-c2cc(C(C)(C)C)cc5c2N3C2(C)CCCCC52C)sc2cc3c(cc24)C(C)(C)CCC3(C)C)c(-c2ccccc2)c1. The second-order valence-corrected chi connectivity index (χ2v) is 28.4. The Balaban J connectivity index is 1.18. The van der Waals surface area contributed by atoms with Crippen LogP contribution in [0.2, 0.25) is 0 Å². The molecule has 5 aliphatic rings. The minimum Gasteiger partial charge on any atom is -0.400 e. The van der Waals surface area contributed by atoms with E-state index in [2.05, 4.69) is 208 Å². The van der Waals surface area contributed by atoms with Crippen molar-refractivity contribution in [3.05, 3.63) is 143 Å². The predicted octanol–water partition coefficient (Wildman–Crippen LogP) is 18.0. The largest absolute Gasteiger partial charge is 0.400 e. The molecule has 0 bridgehead atoms. The molecule has 2 aliphatic carbocycles. The molecule has 7 aromatic carbocycles. The van der Waals surface area contributed by atoms with E-state index in [-0.39, 0.29) is 39.5 Å². The summed E-state index contributed by atoms with van der Waals surface area (Å²) in [5, 5.41) is 5.52. The van der Waals surface area contributed by atoms with Crippen LogP contribution < -0.4 is 20.6 Å². The Kier molecular flexibility index (Phi) is 8.89. The van der Waals surface area contributed by atoms with Crippen LogP contribution in [-0.2, 0) is 27.1 Å². The van der Waals surface area contributed by atoms with Gasteiger partial charge in [0.25, 0.3) is 0 Å². The highest BCUT2D eigenvalue weighted by Gasteiger charge is 2.63. The van der Waals surface area contributed by atoms with E-state index in [1.54, 1.807) is 11.1 Å². The van der Waals surface area contributed by atoms with Gasteiger partial charge in [0.2, 0.25) is 0 Å². The highest BCUT2D eigenvalue weighted by Crippen LogP contribution is 2.65. The lowest BCUT2D eigenvalue weighted by molar-refractivity contribution is 0.199. The van der Waals surface area contributed by atoms with Crippen LogP contribution in [0.5, 0.6) is 0 Å². The molecular formula is C66H67BN2S2. The van der Waals surface area contributed by atoms with Gasteiger partial charge in [-0.15, -0.1) is 22.7 Å². The van der Waals surface area contributed by atoms with Gasteiger partial charge in [0.15, 0.2) is 0 Å². The van der Waals surface area contributed by atoms with Gasteiger partial charge in [-0.25, -0.2) is 0 Å². The molecule has 71 heavy (non-hydrogen) atoms. The second kappa shape index (κ2) is 14.2. The summed E-state index contributed by atoms with van der Waals surface area (Å²) in [5.41, 5.74) is 21.4. The van der Waals surface area contributed by atoms with Crippen molar-refractivity contribution in [3.63, 3.8) is 0 Å². The monoisotopic (exact) mass is 962 g/mol. The first kappa shape index (κ1) is 44.4. The molecule has 1 fully saturated rings. The van der Waals surface area contributed by atoms with Gasteiger partial charge in [0.05, 0.1) is 5.69 Å². The minimum atomic E-state index is -0.0814. The first-order valence-corrected chi connectivity index (χ1v) is 28.3. The van der Waals surface area contributed by atoms with E-state index in [9.17, 15) is 0 Å². The summed E-state index contributed by atoms with van der Waals surface area (Å²) in [6.45, 7) is 29.6. The molecule has 2 aromatic heterocycles. The number of hydrogen-bond donors (Lipinski definition) is 0. The van der Waals surface area contributed by atoms with Crippen molar-refractivity contribution < 1.29 is 0 Å². The average molecular weight is 963 g/mol. The van der Waals surface area contributed by atoms with Gasteiger partial charge >= 0.3 is 6.85 Å². The number of thiophene rings is 2. The molecule has 3 aliphatic heterocycles. The van der Waals surface area contributed by atoms with Crippen LogP contribution in [0.1, 0.15) is 149 Å². The van der Waals surface area contributed by atoms with Crippen molar-refractivity contribution in [2.45, 2.75) is 154 Å². The number of fused-ring (bicyclic) bond motifs is 15. The maximum atomic E-state index is 3.05. The van der Waals surface area contributed by atoms with Gasteiger partial charge in [0.1, 0.15) is 0 Å². The Bertz CT molecular complexity index is 3800. The van der Waals surface area contributed by atoms with Gasteiger partial charge in [-0.05, 0) is 153 Å². The maximum Gasteiger partial charge on any atom is 0.329 e. The number of hydrogen-bond acceptors (Lipinski definition) is 4. The lowest BCUT2D eigenvalue weighted by Gasteiger charge is -2.55. The lowest BCUT2D eigenvalue weighted by atomic mass is 9.42. The van der Waals surface area contributed by atoms with E-state index in [0.29, 0.717) is 0 Å². The highest BCUT2D eigenvalue weighted by atomic mass is 32.1. The van der Waals surface area contributed by atoms with Gasteiger partial charge < -0.3 is 9.71 Å². The van der Waals surface area contributed by atoms with Crippen molar-refractivity contribution in [1.82, 2.24) is 0 Å². The predicted molar refractivity (Wildman–Crippen MR) is 312 cm³/mol. The van der Waals surface area contributed by atoms with Crippen LogP contribution in [0.4, 0.5) is 22.7 Å². The number of benzene rings is 7. The molecule has 356 valence electrons. The van der Waals surface area contributed by atoms with Crippen LogP contribution in [0.15, 0.2) is 115 Å². The summed E-state index contributed by atoms with van der Waals surface area (Å²) >= 11 is 4.04. The molecule has 0 radical (unpaired) electrons. The third-order valence-corrected chi connectivity index (χ3v) is 21.5. The molecule has 0 saturated heterocycles. The van der Waals surface area contributed by atoms with Crippen LogP contribution in [0.25, 0.3) is 62.6 Å². The molecule has 5 heterocycles. The standard InChI is InChI=1S/C66H67BN2S2/c1-61(2,3)39-24-25-51(42(30-39)38-20-14-13-15-21-38)68-52-34-44-43-33-47-48(64(9,10)29-28-63(47,7)8)36-55(43)70-56(44)37-50(52)67-58-53(68)35-45-41-22-16-17-23-54(41)71-60(45)57(58)46-31-40(62(4,5)6)32-49-59(46)69(67)66(12)27-19-18-26-65(49,66)11/h13-17,20-25,30-37H,18-19,26-29H2,1-12H3. The molecule has 5 heteroatoms. The molecule has 1 saturated carbocycles. The van der Waals surface area contributed by atoms with Crippen LogP contribution in [-0.4, -0.2) is 12.4 Å². The van der Waals surface area contributed by atoms with E-state index in [0.717, 1.165) is 0 Å². The fraction of sp³-hybridized carbons (Fsp3) is 0.364. The number of rotatable bonds is 2. The van der Waals surface area contributed by atoms with Crippen molar-refractivity contribution >= 4 is 104 Å². The van der Waals surface area contributed by atoms with Crippen molar-refractivity contribution in [3.8, 4) is 22.3 Å². The van der Waals surface area contributed by atoms with Crippen molar-refractivity contribution in [1.29, 1.82) is 0 Å². The fourth-order valence-electron chi connectivity index (χ4n) is 14.7. The summed E-state index contributed by atoms with van der Waals surface area (Å²) in [7, 11) is 0. The van der Waals surface area contributed by atoms with Gasteiger partial charge in [-0.2, -0.15) is 0 Å². The molecule has 2 nitrogen and oxygen atoms in total. The van der Waals surface area contributed by atoms with Crippen LogP contribution in [0, 0.1) is 0 Å². The van der Waals surface area contributed by atoms with Gasteiger partial charge in [-0.3, -0.25) is 0 Å². The minimum absolute atomic E-state index is 0.000959. The second-order valence-electron chi connectivity index (χ2n) is 26.3. The topological polar surface area (TPSA) is 6.48 Å². The summed E-state index contributed by atoms with van der Waals surface area (Å²) in [5.74, 6) is 0. The fourth-order valence-corrected chi connectivity index (χ4v) is 17.1. The summed E-state index contributed by atoms with van der Waals surface area (Å²) in [4.78, 5) is 5.81. The van der Waals surface area contributed by atoms with E-state index in [1.807, 2.05) is 22.7 Å². The Morgan fingerprint density at radius 1 is 0.507 bits per heavy atom. The van der Waals surface area contributed by atoms with Crippen LogP contribution in [0.3, 0.4) is 0 Å². The lowest BCUT2D eigenvalue weighted by Crippen LogP contribution is -2.70. The third-order valence-electron chi connectivity index (χ3n) is 19.2. The Morgan fingerprint density at radius 2 is 1.15 bits per heavy atom. The zero-order chi connectivity index (χ0) is 49.1. The smallest absolute Gasteiger partial charge is 0.329 e. The number of nitrogens with zero attached hydrogens (tertiary/aromatic N) is 2. The molecule has 2 unspecified atom stereocenters. The molecule has 0 amide bonds.